The van der Waals surface area contributed by atoms with Crippen LogP contribution in [-0.2, 0) is 18.4 Å². The van der Waals surface area contributed by atoms with Crippen LogP contribution in [0.1, 0.15) is 51.9 Å². The summed E-state index contributed by atoms with van der Waals surface area (Å²) in [7, 11) is 3.09. The third kappa shape index (κ3) is 1.81. The van der Waals surface area contributed by atoms with E-state index in [4.69, 9.17) is 4.74 Å². The van der Waals surface area contributed by atoms with Crippen LogP contribution in [0.15, 0.2) is 11.8 Å². The minimum absolute atomic E-state index is 0.0214. The van der Waals surface area contributed by atoms with Crippen LogP contribution in [0.5, 0.6) is 0 Å². The number of ether oxygens (including phenoxy) is 1. The molecule has 102 valence electrons. The maximum atomic E-state index is 12.3. The average Bonchev–Trinajstić information content (AvgIpc) is 2.67. The molecular formula is C14H17NO4. The molecule has 1 aliphatic carbocycles. The van der Waals surface area contributed by atoms with Gasteiger partial charge in [-0.05, 0) is 5.92 Å². The number of hydrogen-bond acceptors (Lipinski definition) is 4. The minimum atomic E-state index is -0.344. The highest BCUT2D eigenvalue weighted by molar-refractivity contribution is 6.24. The average molecular weight is 263 g/mol. The van der Waals surface area contributed by atoms with Crippen molar-refractivity contribution in [1.29, 1.82) is 0 Å². The van der Waals surface area contributed by atoms with Crippen LogP contribution in [0.25, 0.3) is 0 Å². The normalized spacial score (nSPS) is 14.7. The molecule has 0 unspecified atom stereocenters. The number of aromatic nitrogens is 1. The van der Waals surface area contributed by atoms with Gasteiger partial charge in [0.25, 0.3) is 0 Å². The number of fused-ring (bicyclic) bond motifs is 1. The largest absolute Gasteiger partial charge is 0.492 e. The molecule has 0 atom stereocenters. The predicted octanol–water partition coefficient (Wildman–Crippen LogP) is 1.55. The van der Waals surface area contributed by atoms with E-state index in [1.54, 1.807) is 11.6 Å². The molecule has 1 aromatic heterocycles. The lowest BCUT2D eigenvalue weighted by atomic mass is 9.95. The number of aliphatic hydroxyl groups is 1. The molecule has 0 spiro atoms. The molecule has 1 heterocycles. The molecule has 0 radical (unpaired) electrons. The third-order valence-electron chi connectivity index (χ3n) is 3.42. The monoisotopic (exact) mass is 263 g/mol. The van der Waals surface area contributed by atoms with Crippen LogP contribution >= 0.6 is 0 Å². The van der Waals surface area contributed by atoms with E-state index in [2.05, 4.69) is 0 Å². The summed E-state index contributed by atoms with van der Waals surface area (Å²) in [4.78, 5) is 24.4. The molecule has 0 aliphatic heterocycles. The minimum Gasteiger partial charge on any atom is -0.492 e. The highest BCUT2D eigenvalue weighted by Gasteiger charge is 2.35. The summed E-state index contributed by atoms with van der Waals surface area (Å²) in [6, 6.07) is 0. The molecule has 0 saturated heterocycles. The zero-order valence-corrected chi connectivity index (χ0v) is 11.5. The Morgan fingerprint density at radius 2 is 2.00 bits per heavy atom. The van der Waals surface area contributed by atoms with Gasteiger partial charge < -0.3 is 14.4 Å². The fourth-order valence-electron chi connectivity index (χ4n) is 2.72. The maximum absolute atomic E-state index is 12.3. The molecule has 0 amide bonds. The van der Waals surface area contributed by atoms with Gasteiger partial charge in [-0.2, -0.15) is 0 Å². The van der Waals surface area contributed by atoms with E-state index in [0.717, 1.165) is 5.69 Å². The highest BCUT2D eigenvalue weighted by Crippen LogP contribution is 2.33. The molecule has 0 fully saturated rings. The number of methoxy groups -OCH3 is 1. The van der Waals surface area contributed by atoms with Gasteiger partial charge in [-0.25, -0.2) is 0 Å². The van der Waals surface area contributed by atoms with Gasteiger partial charge in [0, 0.05) is 24.4 Å². The van der Waals surface area contributed by atoms with Gasteiger partial charge in [-0.1, -0.05) is 13.8 Å². The molecule has 0 bridgehead atoms. The van der Waals surface area contributed by atoms with Crippen molar-refractivity contribution in [2.24, 2.45) is 7.05 Å². The van der Waals surface area contributed by atoms with E-state index in [1.807, 2.05) is 13.8 Å². The first-order chi connectivity index (χ1) is 8.93. The number of carbonyl (C=O) groups excluding carboxylic acids is 2. The maximum Gasteiger partial charge on any atom is 0.230 e. The molecule has 2 rings (SSSR count). The lowest BCUT2D eigenvalue weighted by Crippen LogP contribution is -2.20. The molecule has 19 heavy (non-hydrogen) atoms. The number of hydrogen-bond donors (Lipinski definition) is 1. The van der Waals surface area contributed by atoms with Crippen LogP contribution in [0.4, 0.5) is 0 Å². The van der Waals surface area contributed by atoms with Crippen molar-refractivity contribution in [1.82, 2.24) is 4.57 Å². The summed E-state index contributed by atoms with van der Waals surface area (Å²) in [5.74, 6) is -0.489. The van der Waals surface area contributed by atoms with Gasteiger partial charge in [-0.3, -0.25) is 9.59 Å². The Hall–Kier alpha value is -1.88. The van der Waals surface area contributed by atoms with Crippen LogP contribution < -0.4 is 0 Å². The quantitative estimate of drug-likeness (QED) is 0.898. The van der Waals surface area contributed by atoms with Gasteiger partial charge in [-0.15, -0.1) is 0 Å². The van der Waals surface area contributed by atoms with Gasteiger partial charge in [0.1, 0.15) is 5.69 Å². The summed E-state index contributed by atoms with van der Waals surface area (Å²) < 4.78 is 6.64. The van der Waals surface area contributed by atoms with Crippen molar-refractivity contribution in [3.05, 3.63) is 34.3 Å². The molecule has 1 N–H and O–H groups in total. The molecule has 5 heteroatoms. The summed E-state index contributed by atoms with van der Waals surface area (Å²) in [5, 5.41) is 9.56. The van der Waals surface area contributed by atoms with Crippen LogP contribution in [0, 0.1) is 0 Å². The zero-order chi connectivity index (χ0) is 14.3. The van der Waals surface area contributed by atoms with Crippen molar-refractivity contribution < 1.29 is 19.4 Å². The summed E-state index contributed by atoms with van der Waals surface area (Å²) in [5.41, 5.74) is 1.94. The fraction of sp³-hybridized carbons (Fsp3) is 0.429. The molecule has 1 aromatic rings. The van der Waals surface area contributed by atoms with Crippen molar-refractivity contribution in [3.63, 3.8) is 0 Å². The second-order valence-corrected chi connectivity index (χ2v) is 4.87. The topological polar surface area (TPSA) is 68.5 Å². The van der Waals surface area contributed by atoms with E-state index in [0.29, 0.717) is 11.3 Å². The van der Waals surface area contributed by atoms with Crippen molar-refractivity contribution in [2.75, 3.05) is 7.11 Å². The third-order valence-corrected chi connectivity index (χ3v) is 3.42. The first kappa shape index (κ1) is 13.5. The Labute approximate surface area is 111 Å². The van der Waals surface area contributed by atoms with Gasteiger partial charge in [0.2, 0.25) is 11.6 Å². The summed E-state index contributed by atoms with van der Waals surface area (Å²) in [6.45, 7) is 3.64. The van der Waals surface area contributed by atoms with Gasteiger partial charge in [0.15, 0.2) is 5.76 Å². The number of allylic oxidation sites excluding steroid dienone is 2. The first-order valence-corrected chi connectivity index (χ1v) is 6.11. The summed E-state index contributed by atoms with van der Waals surface area (Å²) >= 11 is 0. The highest BCUT2D eigenvalue weighted by atomic mass is 16.5. The molecule has 0 saturated carbocycles. The number of carbonyl (C=O) groups is 2. The fourth-order valence-corrected chi connectivity index (χ4v) is 2.72. The number of aliphatic hydroxyl groups excluding tert-OH is 1. The Kier molecular flexibility index (Phi) is 3.32. The first-order valence-electron chi connectivity index (χ1n) is 6.11. The van der Waals surface area contributed by atoms with Crippen molar-refractivity contribution in [3.8, 4) is 0 Å². The second-order valence-electron chi connectivity index (χ2n) is 4.87. The molecule has 5 nitrogen and oxygen atoms in total. The molecular weight excluding hydrogens is 246 g/mol. The van der Waals surface area contributed by atoms with Crippen molar-refractivity contribution in [2.45, 2.75) is 26.4 Å². The zero-order valence-electron chi connectivity index (χ0n) is 11.5. The van der Waals surface area contributed by atoms with Crippen LogP contribution in [-0.4, -0.2) is 28.3 Å². The lowest BCUT2D eigenvalue weighted by Gasteiger charge is -2.12. The Bertz CT molecular complexity index is 593. The van der Waals surface area contributed by atoms with Gasteiger partial charge in [0.05, 0.1) is 19.3 Å². The number of ketones is 2. The van der Waals surface area contributed by atoms with Crippen molar-refractivity contribution >= 4 is 11.6 Å². The van der Waals surface area contributed by atoms with Gasteiger partial charge >= 0.3 is 0 Å². The van der Waals surface area contributed by atoms with E-state index in [9.17, 15) is 14.7 Å². The lowest BCUT2D eigenvalue weighted by molar-refractivity contribution is 0.0911. The number of rotatable bonds is 3. The SMILES string of the molecule is COC1=CC(=O)c2c(c(CO)c(C(C)C)n2C)C1=O. The smallest absolute Gasteiger partial charge is 0.230 e. The molecule has 1 aliphatic rings. The summed E-state index contributed by atoms with van der Waals surface area (Å²) in [6.07, 6.45) is 1.20. The number of nitrogens with zero attached hydrogens (tertiary/aromatic N) is 1. The second kappa shape index (κ2) is 4.66. The van der Waals surface area contributed by atoms with E-state index >= 15 is 0 Å². The Balaban J connectivity index is 2.78. The van der Waals surface area contributed by atoms with E-state index in [-0.39, 0.29) is 35.4 Å². The Morgan fingerprint density at radius 3 is 2.47 bits per heavy atom. The number of Topliss-reactive ketones (excluding diaryl/α,β-unsaturated/α-hetero) is 1. The van der Waals surface area contributed by atoms with E-state index < -0.39 is 0 Å². The van der Waals surface area contributed by atoms with Crippen LogP contribution in [0.2, 0.25) is 0 Å². The molecule has 0 aromatic carbocycles. The Morgan fingerprint density at radius 1 is 1.37 bits per heavy atom. The van der Waals surface area contributed by atoms with E-state index in [1.165, 1.54) is 13.2 Å². The standard InChI is InChI=1S/C14H17NO4/c1-7(2)12-8(6-16)11-13(15(12)3)9(17)5-10(19-4)14(11)18/h5,7,16H,6H2,1-4H3. The predicted molar refractivity (Wildman–Crippen MR) is 69.2 cm³/mol. The van der Waals surface area contributed by atoms with Crippen LogP contribution in [0.3, 0.4) is 0 Å².